The topological polar surface area (TPSA) is 92.2 Å². The molecule has 2 atom stereocenters. The van der Waals surface area contributed by atoms with Crippen LogP contribution in [-0.2, 0) is 4.79 Å². The maximum atomic E-state index is 12.9. The van der Waals surface area contributed by atoms with Crippen molar-refractivity contribution in [2.45, 2.75) is 19.4 Å². The van der Waals surface area contributed by atoms with Crippen LogP contribution < -0.4 is 23.7 Å². The second-order valence-corrected chi connectivity index (χ2v) is 9.67. The number of nitrogens with zero attached hydrogens (tertiary/aromatic N) is 3. The molecule has 5 rings (SSSR count). The van der Waals surface area contributed by atoms with Crippen LogP contribution in [0.15, 0.2) is 60.8 Å². The number of aromatic nitrogens is 2. The van der Waals surface area contributed by atoms with E-state index >= 15 is 0 Å². The van der Waals surface area contributed by atoms with Gasteiger partial charge in [0.05, 0.1) is 57.7 Å². The third-order valence-corrected chi connectivity index (χ3v) is 7.28. The molecule has 0 bridgehead atoms. The van der Waals surface area contributed by atoms with E-state index in [0.29, 0.717) is 48.4 Å². The van der Waals surface area contributed by atoms with Gasteiger partial charge in [-0.3, -0.25) is 9.78 Å². The Morgan fingerprint density at radius 2 is 1.68 bits per heavy atom. The van der Waals surface area contributed by atoms with E-state index < -0.39 is 0 Å². The maximum Gasteiger partial charge on any atom is 0.223 e. The van der Waals surface area contributed by atoms with E-state index in [1.807, 2.05) is 66.4 Å². The van der Waals surface area contributed by atoms with Crippen LogP contribution >= 0.6 is 0 Å². The Morgan fingerprint density at radius 1 is 0.950 bits per heavy atom. The van der Waals surface area contributed by atoms with Crippen molar-refractivity contribution in [3.8, 4) is 40.1 Å². The van der Waals surface area contributed by atoms with Crippen LogP contribution in [0.1, 0.15) is 24.9 Å². The smallest absolute Gasteiger partial charge is 0.223 e. The van der Waals surface area contributed by atoms with Crippen molar-refractivity contribution < 1.29 is 28.5 Å². The molecule has 9 nitrogen and oxygen atoms in total. The zero-order valence-corrected chi connectivity index (χ0v) is 23.3. The lowest BCUT2D eigenvalue weighted by molar-refractivity contribution is -0.129. The highest BCUT2D eigenvalue weighted by atomic mass is 16.5. The molecule has 9 heteroatoms. The number of amides is 1. The number of rotatable bonds is 10. The van der Waals surface area contributed by atoms with Crippen molar-refractivity contribution >= 4 is 16.8 Å². The fourth-order valence-corrected chi connectivity index (χ4v) is 5.09. The highest BCUT2D eigenvalue weighted by Crippen LogP contribution is 2.42. The minimum Gasteiger partial charge on any atom is -0.497 e. The fraction of sp³-hybridized carbons (Fsp3) is 0.323. The van der Waals surface area contributed by atoms with Crippen LogP contribution in [0, 0.1) is 5.92 Å². The van der Waals surface area contributed by atoms with Crippen molar-refractivity contribution in [1.29, 1.82) is 0 Å². The van der Waals surface area contributed by atoms with Crippen LogP contribution in [0.4, 0.5) is 0 Å². The molecule has 0 radical (unpaired) electrons. The third-order valence-electron chi connectivity index (χ3n) is 7.28. The average Bonchev–Trinajstić information content (AvgIpc) is 3.38. The molecule has 0 aliphatic carbocycles. The zero-order chi connectivity index (χ0) is 28.2. The molecule has 40 heavy (non-hydrogen) atoms. The highest BCUT2D eigenvalue weighted by molar-refractivity contribution is 5.87. The number of fused-ring (bicyclic) bond motifs is 1. The first-order valence-electron chi connectivity index (χ1n) is 13.1. The molecule has 3 heterocycles. The number of hydrogen-bond acceptors (Lipinski definition) is 8. The van der Waals surface area contributed by atoms with Gasteiger partial charge < -0.3 is 28.6 Å². The Morgan fingerprint density at radius 3 is 2.33 bits per heavy atom. The Kier molecular flexibility index (Phi) is 7.91. The summed E-state index contributed by atoms with van der Waals surface area (Å²) in [4.78, 5) is 24.2. The van der Waals surface area contributed by atoms with Crippen molar-refractivity contribution in [3.63, 3.8) is 0 Å². The zero-order valence-electron chi connectivity index (χ0n) is 23.3. The lowest BCUT2D eigenvalue weighted by atomic mass is 10.1. The summed E-state index contributed by atoms with van der Waals surface area (Å²) in [7, 11) is 6.36. The first-order chi connectivity index (χ1) is 19.4. The molecule has 208 valence electrons. The SMILES string of the molecule is COc1ccc(C(C)N2CC(COc3nc(-c4cc(OC)c(OC)c(OC)c4)cc4ncccc34)CC2=O)cc1. The maximum absolute atomic E-state index is 12.9. The largest absolute Gasteiger partial charge is 0.497 e. The number of likely N-dealkylation sites (tertiary alicyclic amines) is 1. The van der Waals surface area contributed by atoms with Gasteiger partial charge in [0.25, 0.3) is 0 Å². The van der Waals surface area contributed by atoms with Gasteiger partial charge in [-0.05, 0) is 55.0 Å². The minimum atomic E-state index is -0.0464. The van der Waals surface area contributed by atoms with Crippen LogP contribution in [0.2, 0.25) is 0 Å². The lowest BCUT2D eigenvalue weighted by Crippen LogP contribution is -2.29. The van der Waals surface area contributed by atoms with Gasteiger partial charge in [0.2, 0.25) is 17.5 Å². The summed E-state index contributed by atoms with van der Waals surface area (Å²) < 4.78 is 28.1. The number of methoxy groups -OCH3 is 4. The summed E-state index contributed by atoms with van der Waals surface area (Å²) in [5, 5.41) is 0.798. The number of hydrogen-bond donors (Lipinski definition) is 0. The van der Waals surface area contributed by atoms with Gasteiger partial charge in [-0.1, -0.05) is 12.1 Å². The number of carbonyl (C=O) groups excluding carboxylic acids is 1. The molecule has 2 aromatic carbocycles. The van der Waals surface area contributed by atoms with E-state index in [4.69, 9.17) is 28.7 Å². The molecule has 2 aromatic heterocycles. The van der Waals surface area contributed by atoms with Gasteiger partial charge in [-0.25, -0.2) is 4.98 Å². The fourth-order valence-electron chi connectivity index (χ4n) is 5.09. The molecular formula is C31H33N3O6. The lowest BCUT2D eigenvalue weighted by Gasteiger charge is -2.25. The summed E-state index contributed by atoms with van der Waals surface area (Å²) in [5.74, 6) is 2.95. The van der Waals surface area contributed by atoms with Crippen molar-refractivity contribution in [1.82, 2.24) is 14.9 Å². The Balaban J connectivity index is 1.38. The van der Waals surface area contributed by atoms with Crippen LogP contribution in [0.25, 0.3) is 22.2 Å². The Bertz CT molecular complexity index is 1480. The molecule has 2 unspecified atom stereocenters. The van der Waals surface area contributed by atoms with Crippen molar-refractivity contribution in [3.05, 3.63) is 66.4 Å². The molecule has 1 amide bonds. The number of carbonyl (C=O) groups is 1. The van der Waals surface area contributed by atoms with Gasteiger partial charge in [-0.2, -0.15) is 0 Å². The quantitative estimate of drug-likeness (QED) is 0.265. The summed E-state index contributed by atoms with van der Waals surface area (Å²) >= 11 is 0. The molecule has 1 fully saturated rings. The molecule has 0 spiro atoms. The van der Waals surface area contributed by atoms with E-state index in [1.54, 1.807) is 34.6 Å². The van der Waals surface area contributed by atoms with E-state index in [9.17, 15) is 4.79 Å². The predicted octanol–water partition coefficient (Wildman–Crippen LogP) is 5.32. The molecule has 1 saturated heterocycles. The molecule has 4 aromatic rings. The summed E-state index contributed by atoms with van der Waals surface area (Å²) in [6, 6.07) is 17.2. The van der Waals surface area contributed by atoms with E-state index in [2.05, 4.69) is 4.98 Å². The monoisotopic (exact) mass is 543 g/mol. The third kappa shape index (κ3) is 5.32. The second kappa shape index (κ2) is 11.7. The van der Waals surface area contributed by atoms with Crippen LogP contribution in [0.5, 0.6) is 28.9 Å². The Hall–Kier alpha value is -4.53. The number of ether oxygens (including phenoxy) is 5. The minimum absolute atomic E-state index is 0.0338. The van der Waals surface area contributed by atoms with Crippen LogP contribution in [-0.4, -0.2) is 62.4 Å². The van der Waals surface area contributed by atoms with Crippen molar-refractivity contribution in [2.75, 3.05) is 41.6 Å². The second-order valence-electron chi connectivity index (χ2n) is 9.67. The molecular weight excluding hydrogens is 510 g/mol. The van der Waals surface area contributed by atoms with Gasteiger partial charge >= 0.3 is 0 Å². The summed E-state index contributed by atoms with van der Waals surface area (Å²) in [6.07, 6.45) is 2.16. The van der Waals surface area contributed by atoms with Gasteiger partial charge in [-0.15, -0.1) is 0 Å². The molecule has 1 aliphatic rings. The molecule has 0 N–H and O–H groups in total. The number of benzene rings is 2. The van der Waals surface area contributed by atoms with Crippen LogP contribution in [0.3, 0.4) is 0 Å². The average molecular weight is 544 g/mol. The molecule has 1 aliphatic heterocycles. The van der Waals surface area contributed by atoms with E-state index in [0.717, 1.165) is 27.8 Å². The van der Waals surface area contributed by atoms with Crippen molar-refractivity contribution in [2.24, 2.45) is 5.92 Å². The first-order valence-corrected chi connectivity index (χ1v) is 13.1. The van der Waals surface area contributed by atoms with E-state index in [1.165, 1.54) is 0 Å². The normalized spacial score (nSPS) is 15.7. The first kappa shape index (κ1) is 27.1. The van der Waals surface area contributed by atoms with Gasteiger partial charge in [0.1, 0.15) is 5.75 Å². The number of pyridine rings is 2. The van der Waals surface area contributed by atoms with Gasteiger partial charge in [0, 0.05) is 30.6 Å². The summed E-state index contributed by atoms with van der Waals surface area (Å²) in [6.45, 7) is 3.01. The predicted molar refractivity (Wildman–Crippen MR) is 151 cm³/mol. The standard InChI is InChI=1S/C31H33N3O6/c1-19(21-8-10-23(36-2)11-9-21)34-17-20(13-29(34)35)18-40-31-24-7-6-12-32-26(24)16-25(33-31)22-14-27(37-3)30(39-5)28(15-22)38-4/h6-12,14-16,19-20H,13,17-18H2,1-5H3. The summed E-state index contributed by atoms with van der Waals surface area (Å²) in [5.41, 5.74) is 3.22. The van der Waals surface area contributed by atoms with E-state index in [-0.39, 0.29) is 17.9 Å². The highest BCUT2D eigenvalue weighted by Gasteiger charge is 2.34. The Labute approximate surface area is 233 Å². The molecule has 0 saturated carbocycles. The van der Waals surface area contributed by atoms with Gasteiger partial charge in [0.15, 0.2) is 11.5 Å².